The number of nitrogens with one attached hydrogen (secondary N) is 1. The van der Waals surface area contributed by atoms with Gasteiger partial charge in [-0.2, -0.15) is 5.10 Å². The lowest BCUT2D eigenvalue weighted by Gasteiger charge is -2.35. The maximum atomic E-state index is 10.3. The maximum absolute atomic E-state index is 10.3. The highest BCUT2D eigenvalue weighted by molar-refractivity contribution is 14.0. The van der Waals surface area contributed by atoms with Gasteiger partial charge in [0.1, 0.15) is 12.2 Å². The number of hydrogen-bond donors (Lipinski definition) is 2. The Hall–Kier alpha value is -0.880. The molecule has 10 heteroatoms. The van der Waals surface area contributed by atoms with Crippen LogP contribution in [0, 0.1) is 0 Å². The molecule has 2 aromatic heterocycles. The van der Waals surface area contributed by atoms with Crippen molar-refractivity contribution in [3.63, 3.8) is 0 Å². The third-order valence-corrected chi connectivity index (χ3v) is 5.38. The van der Waals surface area contributed by atoms with E-state index in [9.17, 15) is 5.11 Å². The summed E-state index contributed by atoms with van der Waals surface area (Å²) < 4.78 is 8.30. The van der Waals surface area contributed by atoms with E-state index in [-0.39, 0.29) is 30.1 Å². The number of aromatic nitrogens is 2. The minimum Gasteiger partial charge on any atom is -0.386 e. The molecule has 0 aliphatic carbocycles. The lowest BCUT2D eigenvalue weighted by Crippen LogP contribution is -2.48. The highest BCUT2D eigenvalue weighted by Crippen LogP contribution is 2.26. The third kappa shape index (κ3) is 5.32. The van der Waals surface area contributed by atoms with Crippen LogP contribution in [0.5, 0.6) is 0 Å². The molecular weight excluding hydrogens is 489 g/mol. The standard InChI is InChI=1S/C16H22ClN5O2S.HI/c1-18-16(19-8-12(23)14-3-4-15(17)25-14)22-5-6-24-13(10-22)11-7-20-21(2)9-11;/h3-4,7,9,12-13,23H,5-6,8,10H2,1-2H3,(H,18,19);1H. The van der Waals surface area contributed by atoms with Gasteiger partial charge in [-0.3, -0.25) is 9.67 Å². The van der Waals surface area contributed by atoms with Crippen molar-refractivity contribution in [1.82, 2.24) is 20.0 Å². The number of hydrogen-bond acceptors (Lipinski definition) is 5. The molecule has 0 saturated carbocycles. The highest BCUT2D eigenvalue weighted by Gasteiger charge is 2.25. The number of rotatable bonds is 4. The molecule has 1 fully saturated rings. The molecule has 2 atom stereocenters. The Morgan fingerprint density at radius 3 is 3.00 bits per heavy atom. The normalized spacial score (nSPS) is 19.2. The number of aliphatic imine (C=N–C) groups is 1. The van der Waals surface area contributed by atoms with Crippen LogP contribution in [0.25, 0.3) is 0 Å². The van der Waals surface area contributed by atoms with E-state index in [0.29, 0.717) is 24.0 Å². The van der Waals surface area contributed by atoms with E-state index >= 15 is 0 Å². The van der Waals surface area contributed by atoms with E-state index < -0.39 is 6.10 Å². The molecule has 3 rings (SSSR count). The fraction of sp³-hybridized carbons (Fsp3) is 0.500. The SMILES string of the molecule is CN=C(NCC(O)c1ccc(Cl)s1)N1CCOC(c2cnn(C)c2)C1.I. The van der Waals surface area contributed by atoms with Crippen molar-refractivity contribution < 1.29 is 9.84 Å². The molecule has 3 heterocycles. The van der Waals surface area contributed by atoms with Gasteiger partial charge in [-0.25, -0.2) is 0 Å². The second-order valence-electron chi connectivity index (χ2n) is 5.84. The minimum atomic E-state index is -0.621. The molecule has 1 aliphatic heterocycles. The van der Waals surface area contributed by atoms with E-state index in [0.717, 1.165) is 22.9 Å². The second kappa shape index (κ2) is 9.88. The molecular formula is C16H23ClIN5O2S. The van der Waals surface area contributed by atoms with Gasteiger partial charge in [0.25, 0.3) is 0 Å². The zero-order chi connectivity index (χ0) is 17.8. The Morgan fingerprint density at radius 1 is 1.58 bits per heavy atom. The van der Waals surface area contributed by atoms with E-state index in [1.807, 2.05) is 25.5 Å². The molecule has 1 saturated heterocycles. The van der Waals surface area contributed by atoms with E-state index in [1.54, 1.807) is 17.8 Å². The third-order valence-electron chi connectivity index (χ3n) is 4.05. The summed E-state index contributed by atoms with van der Waals surface area (Å²) in [6.45, 7) is 2.42. The van der Waals surface area contributed by atoms with Gasteiger partial charge in [-0.15, -0.1) is 35.3 Å². The summed E-state index contributed by atoms with van der Waals surface area (Å²) in [7, 11) is 3.63. The number of aliphatic hydroxyl groups excluding tert-OH is 1. The molecule has 2 unspecified atom stereocenters. The quantitative estimate of drug-likeness (QED) is 0.375. The summed E-state index contributed by atoms with van der Waals surface area (Å²) in [5.41, 5.74) is 1.05. The van der Waals surface area contributed by atoms with E-state index in [4.69, 9.17) is 16.3 Å². The molecule has 1 aliphatic rings. The predicted octanol–water partition coefficient (Wildman–Crippen LogP) is 2.44. The number of halogens is 2. The first kappa shape index (κ1) is 21.4. The molecule has 7 nitrogen and oxygen atoms in total. The van der Waals surface area contributed by atoms with Crippen molar-refractivity contribution in [2.75, 3.05) is 33.3 Å². The lowest BCUT2D eigenvalue weighted by molar-refractivity contribution is -0.00820. The number of ether oxygens (including phenoxy) is 1. The zero-order valence-corrected chi connectivity index (χ0v) is 18.5. The van der Waals surface area contributed by atoms with Crippen LogP contribution >= 0.6 is 46.9 Å². The molecule has 2 N–H and O–H groups in total. The van der Waals surface area contributed by atoms with Gasteiger partial charge < -0.3 is 20.1 Å². The van der Waals surface area contributed by atoms with E-state index in [2.05, 4.69) is 20.3 Å². The van der Waals surface area contributed by atoms with Crippen LogP contribution in [0.3, 0.4) is 0 Å². The zero-order valence-electron chi connectivity index (χ0n) is 14.6. The molecule has 144 valence electrons. The summed E-state index contributed by atoms with van der Waals surface area (Å²) >= 11 is 7.31. The predicted molar refractivity (Wildman–Crippen MR) is 115 cm³/mol. The summed E-state index contributed by atoms with van der Waals surface area (Å²) in [6, 6.07) is 3.63. The average molecular weight is 512 g/mol. The molecule has 26 heavy (non-hydrogen) atoms. The fourth-order valence-electron chi connectivity index (χ4n) is 2.78. The smallest absolute Gasteiger partial charge is 0.193 e. The maximum Gasteiger partial charge on any atom is 0.193 e. The van der Waals surface area contributed by atoms with Crippen LogP contribution in [0.1, 0.15) is 22.6 Å². The number of morpholine rings is 1. The van der Waals surface area contributed by atoms with Crippen LogP contribution in [-0.4, -0.2) is 59.0 Å². The van der Waals surface area contributed by atoms with Gasteiger partial charge in [-0.05, 0) is 12.1 Å². The van der Waals surface area contributed by atoms with Gasteiger partial charge in [-0.1, -0.05) is 11.6 Å². The Morgan fingerprint density at radius 2 is 2.38 bits per heavy atom. The summed E-state index contributed by atoms with van der Waals surface area (Å²) in [4.78, 5) is 7.31. The summed E-state index contributed by atoms with van der Waals surface area (Å²) in [6.07, 6.45) is 3.13. The van der Waals surface area contributed by atoms with Crippen LogP contribution in [0.4, 0.5) is 0 Å². The topological polar surface area (TPSA) is 74.9 Å². The molecule has 0 amide bonds. The van der Waals surface area contributed by atoms with Crippen molar-refractivity contribution in [2.45, 2.75) is 12.2 Å². The van der Waals surface area contributed by atoms with Crippen molar-refractivity contribution in [2.24, 2.45) is 12.0 Å². The first-order valence-electron chi connectivity index (χ1n) is 8.06. The largest absolute Gasteiger partial charge is 0.386 e. The highest BCUT2D eigenvalue weighted by atomic mass is 127. The van der Waals surface area contributed by atoms with Crippen molar-refractivity contribution in [3.8, 4) is 0 Å². The number of thiophene rings is 1. The summed E-state index contributed by atoms with van der Waals surface area (Å²) in [5.74, 6) is 0.749. The number of aryl methyl sites for hydroxylation is 1. The van der Waals surface area contributed by atoms with Gasteiger partial charge in [0.05, 0.1) is 23.7 Å². The number of nitrogens with zero attached hydrogens (tertiary/aromatic N) is 4. The first-order valence-corrected chi connectivity index (χ1v) is 9.25. The van der Waals surface area contributed by atoms with Gasteiger partial charge >= 0.3 is 0 Å². The molecule has 0 spiro atoms. The number of guanidine groups is 1. The first-order chi connectivity index (χ1) is 12.1. The average Bonchev–Trinajstić information content (AvgIpc) is 3.24. The van der Waals surface area contributed by atoms with Crippen LogP contribution in [0.2, 0.25) is 4.34 Å². The molecule has 0 radical (unpaired) electrons. The van der Waals surface area contributed by atoms with Crippen molar-refractivity contribution in [3.05, 3.63) is 39.3 Å². The minimum absolute atomic E-state index is 0. The Labute approximate surface area is 179 Å². The Kier molecular flexibility index (Phi) is 8.14. The lowest BCUT2D eigenvalue weighted by atomic mass is 10.1. The fourth-order valence-corrected chi connectivity index (χ4v) is 3.82. The molecule has 2 aromatic rings. The van der Waals surface area contributed by atoms with Crippen LogP contribution in [0.15, 0.2) is 29.5 Å². The van der Waals surface area contributed by atoms with Gasteiger partial charge in [0.2, 0.25) is 0 Å². The van der Waals surface area contributed by atoms with Crippen molar-refractivity contribution >= 4 is 52.9 Å². The second-order valence-corrected chi connectivity index (χ2v) is 7.59. The Bertz CT molecular complexity index is 738. The monoisotopic (exact) mass is 511 g/mol. The van der Waals surface area contributed by atoms with Gasteiger partial charge in [0.15, 0.2) is 5.96 Å². The van der Waals surface area contributed by atoms with Gasteiger partial charge in [0, 0.05) is 43.8 Å². The summed E-state index contributed by atoms with van der Waals surface area (Å²) in [5, 5.41) is 17.7. The Balaban J connectivity index is 0.00000243. The molecule has 0 aromatic carbocycles. The van der Waals surface area contributed by atoms with Crippen LogP contribution < -0.4 is 5.32 Å². The molecule has 0 bridgehead atoms. The number of aliphatic hydroxyl groups is 1. The van der Waals surface area contributed by atoms with E-state index in [1.165, 1.54) is 11.3 Å². The van der Waals surface area contributed by atoms with Crippen LogP contribution in [-0.2, 0) is 11.8 Å². The van der Waals surface area contributed by atoms with Crippen molar-refractivity contribution in [1.29, 1.82) is 0 Å².